The third-order valence-corrected chi connectivity index (χ3v) is 2.24. The molecule has 1 aromatic rings. The first-order valence-corrected chi connectivity index (χ1v) is 4.02. The largest absolute Gasteiger partial charge is 1.00 e. The Labute approximate surface area is 83.0 Å². The van der Waals surface area contributed by atoms with Crippen molar-refractivity contribution in [1.29, 1.82) is 0 Å². The van der Waals surface area contributed by atoms with Crippen molar-refractivity contribution < 1.29 is 35.5 Å². The topological polar surface area (TPSA) is 41.8 Å². The summed E-state index contributed by atoms with van der Waals surface area (Å²) in [7, 11) is 0. The number of quaternary nitrogens is 1. The molecule has 0 bridgehead atoms. The van der Waals surface area contributed by atoms with Crippen LogP contribution >= 0.6 is 11.3 Å². The highest BCUT2D eigenvalue weighted by Gasteiger charge is 2.05. The van der Waals surface area contributed by atoms with Crippen molar-refractivity contribution in [1.82, 2.24) is 0 Å². The number of halogens is 2. The molecule has 0 aromatic carbocycles. The molecule has 1 rings (SSSR count). The molecule has 66 valence electrons. The zero-order valence-electron chi connectivity index (χ0n) is 6.36. The Balaban J connectivity index is 0. The van der Waals surface area contributed by atoms with Gasteiger partial charge in [-0.3, -0.25) is 0 Å². The Morgan fingerprint density at radius 3 is 2.45 bits per heavy atom. The van der Waals surface area contributed by atoms with Gasteiger partial charge in [-0.1, -0.05) is 18.3 Å². The highest BCUT2D eigenvalue weighted by molar-refractivity contribution is 7.09. The molecule has 0 saturated heterocycles. The molecule has 0 aliphatic heterocycles. The van der Waals surface area contributed by atoms with Gasteiger partial charge in [-0.25, -0.2) is 0 Å². The van der Waals surface area contributed by atoms with E-state index in [9.17, 15) is 0 Å². The predicted octanol–water partition coefficient (Wildman–Crippen LogP) is -6.13. The lowest BCUT2D eigenvalue weighted by Gasteiger charge is -1.74. The Morgan fingerprint density at radius 2 is 2.18 bits per heavy atom. The van der Waals surface area contributed by atoms with Gasteiger partial charge in [0.15, 0.2) is 12.2 Å². The summed E-state index contributed by atoms with van der Waals surface area (Å²) in [6.45, 7) is 3.02. The van der Waals surface area contributed by atoms with Gasteiger partial charge in [0.05, 0.1) is 5.38 Å². The average Bonchev–Trinajstić information content (AvgIpc) is 2.34. The van der Waals surface area contributed by atoms with Crippen LogP contribution < -0.4 is 35.5 Å². The number of aromatic amines is 1. The van der Waals surface area contributed by atoms with Gasteiger partial charge in [0.25, 0.3) is 5.01 Å². The van der Waals surface area contributed by atoms with Gasteiger partial charge in [0, 0.05) is 6.42 Å². The van der Waals surface area contributed by atoms with E-state index < -0.39 is 0 Å². The number of hydrogen-bond donors (Lipinski definition) is 1. The number of aryl methyl sites for hydroxylation is 1. The van der Waals surface area contributed by atoms with Gasteiger partial charge in [0.2, 0.25) is 0 Å². The van der Waals surface area contributed by atoms with E-state index in [0.29, 0.717) is 0 Å². The van der Waals surface area contributed by atoms with Gasteiger partial charge in [-0.15, -0.1) is 0 Å². The average molecular weight is 215 g/mol. The quantitative estimate of drug-likeness (QED) is 0.510. The smallest absolute Gasteiger partial charge is 0.291 e. The molecular formula is C6H12Cl2N2S. The van der Waals surface area contributed by atoms with Crippen LogP contribution in [0.3, 0.4) is 0 Å². The fourth-order valence-electron chi connectivity index (χ4n) is 0.673. The highest BCUT2D eigenvalue weighted by atomic mass is 35.5. The molecule has 11 heavy (non-hydrogen) atoms. The van der Waals surface area contributed by atoms with Crippen LogP contribution in [0, 0.1) is 0 Å². The van der Waals surface area contributed by atoms with Crippen LogP contribution in [0.2, 0.25) is 0 Å². The predicted molar refractivity (Wildman–Crippen MR) is 36.8 cm³/mol. The summed E-state index contributed by atoms with van der Waals surface area (Å²) in [5.74, 6) is 0. The van der Waals surface area contributed by atoms with Crippen molar-refractivity contribution in [2.24, 2.45) is 0 Å². The Hall–Kier alpha value is 0.170. The SMILES string of the molecule is CCc1csc(C[NH3+])[nH+]1.[Cl-].[Cl-]. The van der Waals surface area contributed by atoms with Crippen molar-refractivity contribution in [2.75, 3.05) is 0 Å². The van der Waals surface area contributed by atoms with E-state index >= 15 is 0 Å². The third kappa shape index (κ3) is 3.91. The van der Waals surface area contributed by atoms with Crippen molar-refractivity contribution in [3.05, 3.63) is 16.1 Å². The van der Waals surface area contributed by atoms with E-state index in [-0.39, 0.29) is 24.8 Å². The number of nitrogens with one attached hydrogen (secondary N) is 1. The number of thiazole rings is 1. The van der Waals surface area contributed by atoms with E-state index in [4.69, 9.17) is 0 Å². The monoisotopic (exact) mass is 214 g/mol. The van der Waals surface area contributed by atoms with Crippen LogP contribution in [-0.4, -0.2) is 0 Å². The van der Waals surface area contributed by atoms with Crippen molar-refractivity contribution in [3.8, 4) is 0 Å². The molecule has 1 heterocycles. The van der Waals surface area contributed by atoms with Crippen LogP contribution in [0.1, 0.15) is 17.6 Å². The molecule has 0 unspecified atom stereocenters. The molecule has 0 fully saturated rings. The van der Waals surface area contributed by atoms with Gasteiger partial charge in [0.1, 0.15) is 0 Å². The zero-order valence-corrected chi connectivity index (χ0v) is 8.69. The Bertz CT molecular complexity index is 172. The zero-order chi connectivity index (χ0) is 6.69. The van der Waals surface area contributed by atoms with Gasteiger partial charge in [-0.05, 0) is 0 Å². The first-order chi connectivity index (χ1) is 4.36. The third-order valence-electron chi connectivity index (χ3n) is 1.25. The maximum absolute atomic E-state index is 3.78. The van der Waals surface area contributed by atoms with Gasteiger partial charge >= 0.3 is 0 Å². The van der Waals surface area contributed by atoms with Crippen molar-refractivity contribution in [2.45, 2.75) is 19.9 Å². The molecule has 5 heteroatoms. The second kappa shape index (κ2) is 6.85. The van der Waals surface area contributed by atoms with E-state index in [1.165, 1.54) is 10.7 Å². The summed E-state index contributed by atoms with van der Waals surface area (Å²) >= 11 is 1.76. The summed E-state index contributed by atoms with van der Waals surface area (Å²) in [5.41, 5.74) is 5.10. The van der Waals surface area contributed by atoms with Crippen LogP contribution in [0.5, 0.6) is 0 Å². The first kappa shape index (κ1) is 13.7. The van der Waals surface area contributed by atoms with E-state index in [0.717, 1.165) is 13.0 Å². The first-order valence-electron chi connectivity index (χ1n) is 3.14. The van der Waals surface area contributed by atoms with E-state index in [1.54, 1.807) is 11.3 Å². The second-order valence-corrected chi connectivity index (χ2v) is 2.88. The minimum absolute atomic E-state index is 0. The molecule has 0 saturated carbocycles. The number of rotatable bonds is 2. The molecule has 4 N–H and O–H groups in total. The summed E-state index contributed by atoms with van der Waals surface area (Å²) in [6, 6.07) is 0. The standard InChI is InChI=1S/C6H10N2S.2ClH/c1-2-5-4-9-6(3-7)8-5;;/h4H,2-3,7H2,1H3;2*1H. The molecule has 1 aromatic heterocycles. The molecule has 0 amide bonds. The normalized spacial score (nSPS) is 8.18. The number of hydrogen-bond acceptors (Lipinski definition) is 1. The summed E-state index contributed by atoms with van der Waals surface area (Å²) in [5, 5.41) is 3.42. The van der Waals surface area contributed by atoms with E-state index in [2.05, 4.69) is 23.0 Å². The lowest BCUT2D eigenvalue weighted by molar-refractivity contribution is -0.456. The summed E-state index contributed by atoms with van der Waals surface area (Å²) < 4.78 is 0. The maximum atomic E-state index is 3.78. The van der Waals surface area contributed by atoms with Crippen LogP contribution in [0.15, 0.2) is 5.38 Å². The molecule has 2 nitrogen and oxygen atoms in total. The maximum Gasteiger partial charge on any atom is 0.291 e. The van der Waals surface area contributed by atoms with Crippen LogP contribution in [0.4, 0.5) is 0 Å². The molecule has 0 aliphatic rings. The Morgan fingerprint density at radius 1 is 1.55 bits per heavy atom. The molecular weight excluding hydrogens is 203 g/mol. The molecule has 0 spiro atoms. The lowest BCUT2D eigenvalue weighted by atomic mass is 10.4. The second-order valence-electron chi connectivity index (χ2n) is 1.91. The summed E-state index contributed by atoms with van der Waals surface area (Å²) in [6.07, 6.45) is 1.09. The molecule has 0 radical (unpaired) electrons. The minimum atomic E-state index is 0. The van der Waals surface area contributed by atoms with Crippen molar-refractivity contribution >= 4 is 11.3 Å². The van der Waals surface area contributed by atoms with Gasteiger partial charge in [-0.2, -0.15) is 4.98 Å². The number of aromatic nitrogens is 1. The van der Waals surface area contributed by atoms with Crippen molar-refractivity contribution in [3.63, 3.8) is 0 Å². The fraction of sp³-hybridized carbons (Fsp3) is 0.500. The summed E-state index contributed by atoms with van der Waals surface area (Å²) in [4.78, 5) is 3.27. The van der Waals surface area contributed by atoms with Gasteiger partial charge < -0.3 is 30.5 Å². The van der Waals surface area contributed by atoms with Crippen LogP contribution in [-0.2, 0) is 13.0 Å². The van der Waals surface area contributed by atoms with Crippen LogP contribution in [0.25, 0.3) is 0 Å². The fourth-order valence-corrected chi connectivity index (χ4v) is 1.49. The molecule has 0 aliphatic carbocycles. The minimum Gasteiger partial charge on any atom is -1.00 e. The highest BCUT2D eigenvalue weighted by Crippen LogP contribution is 2.02. The van der Waals surface area contributed by atoms with E-state index in [1.807, 2.05) is 0 Å². The number of H-pyrrole nitrogens is 1. The molecule has 0 atom stereocenters. The Kier molecular flexibility index (Phi) is 8.56. The lowest BCUT2D eigenvalue weighted by Crippen LogP contribution is -3.00.